The summed E-state index contributed by atoms with van der Waals surface area (Å²) in [5.74, 6) is 0. The average molecular weight is 249 g/mol. The van der Waals surface area contributed by atoms with Gasteiger partial charge in [0, 0.05) is 35.1 Å². The lowest BCUT2D eigenvalue weighted by atomic mass is 10.3. The maximum Gasteiger partial charge on any atom is 0.263 e. The zero-order chi connectivity index (χ0) is 11.0. The van der Waals surface area contributed by atoms with Gasteiger partial charge in [-0.2, -0.15) is 0 Å². The fraction of sp³-hybridized carbons (Fsp3) is 0. The summed E-state index contributed by atoms with van der Waals surface area (Å²) in [5.41, 5.74) is 7.86. The normalized spacial score (nSPS) is 11.0. The highest BCUT2D eigenvalue weighted by Crippen LogP contribution is 2.31. The van der Waals surface area contributed by atoms with Gasteiger partial charge in [0.25, 0.3) is 5.22 Å². The Morgan fingerprint density at radius 2 is 2.31 bits per heavy atom. The Morgan fingerprint density at radius 3 is 3.12 bits per heavy atom. The van der Waals surface area contributed by atoms with Crippen LogP contribution in [0.4, 0.5) is 5.69 Å². The first-order chi connectivity index (χ1) is 7.81. The number of rotatable bonds is 2. The minimum Gasteiger partial charge on any atom is -0.431 e. The summed E-state index contributed by atoms with van der Waals surface area (Å²) in [4.78, 5) is 8.49. The van der Waals surface area contributed by atoms with Crippen LogP contribution in [-0.4, -0.2) is 9.97 Å². The van der Waals surface area contributed by atoms with Crippen molar-refractivity contribution in [3.05, 3.63) is 29.8 Å². The second-order valence-electron chi connectivity index (χ2n) is 3.11. The van der Waals surface area contributed by atoms with E-state index in [1.807, 2.05) is 17.5 Å². The average Bonchev–Trinajstić information content (AvgIpc) is 2.86. The number of aromatic nitrogens is 2. The lowest BCUT2D eigenvalue weighted by molar-refractivity contribution is 0.489. The third-order valence-electron chi connectivity index (χ3n) is 1.98. The zero-order valence-corrected chi connectivity index (χ0v) is 9.72. The van der Waals surface area contributed by atoms with Crippen molar-refractivity contribution in [2.45, 2.75) is 9.56 Å². The molecule has 0 saturated heterocycles. The van der Waals surface area contributed by atoms with E-state index < -0.39 is 0 Å². The third kappa shape index (κ3) is 1.77. The van der Waals surface area contributed by atoms with E-state index in [2.05, 4.69) is 9.97 Å². The monoisotopic (exact) mass is 249 g/mol. The van der Waals surface area contributed by atoms with Gasteiger partial charge in [0.05, 0.1) is 0 Å². The first-order valence-electron chi connectivity index (χ1n) is 4.55. The van der Waals surface area contributed by atoms with Gasteiger partial charge in [-0.3, -0.25) is 0 Å². The number of fused-ring (bicyclic) bond motifs is 1. The molecule has 0 aliphatic rings. The largest absolute Gasteiger partial charge is 0.431 e. The van der Waals surface area contributed by atoms with Gasteiger partial charge in [-0.1, -0.05) is 0 Å². The van der Waals surface area contributed by atoms with Crippen LogP contribution in [-0.2, 0) is 0 Å². The Labute approximate surface area is 99.5 Å². The summed E-state index contributed by atoms with van der Waals surface area (Å²) in [7, 11) is 0. The van der Waals surface area contributed by atoms with Gasteiger partial charge < -0.3 is 10.2 Å². The van der Waals surface area contributed by atoms with Crippen molar-refractivity contribution in [2.24, 2.45) is 0 Å². The first kappa shape index (κ1) is 9.68. The predicted molar refractivity (Wildman–Crippen MR) is 64.7 cm³/mol. The van der Waals surface area contributed by atoms with Crippen molar-refractivity contribution in [1.82, 2.24) is 9.97 Å². The summed E-state index contributed by atoms with van der Waals surface area (Å²) in [6.07, 6.45) is 1.76. The topological polar surface area (TPSA) is 64.9 Å². The summed E-state index contributed by atoms with van der Waals surface area (Å²) >= 11 is 2.97. The first-order valence-corrected chi connectivity index (χ1v) is 6.24. The third-order valence-corrected chi connectivity index (χ3v) is 3.71. The molecule has 3 aromatic rings. The summed E-state index contributed by atoms with van der Waals surface area (Å²) in [6.45, 7) is 0. The smallest absolute Gasteiger partial charge is 0.263 e. The molecule has 0 atom stereocenters. The summed E-state index contributed by atoms with van der Waals surface area (Å²) in [6, 6.07) is 5.43. The van der Waals surface area contributed by atoms with Crippen molar-refractivity contribution < 1.29 is 4.42 Å². The lowest BCUT2D eigenvalue weighted by Crippen LogP contribution is -1.81. The Kier molecular flexibility index (Phi) is 2.30. The van der Waals surface area contributed by atoms with Gasteiger partial charge in [0.2, 0.25) is 0 Å². The van der Waals surface area contributed by atoms with Crippen LogP contribution in [0.3, 0.4) is 0 Å². The van der Waals surface area contributed by atoms with Gasteiger partial charge in [-0.25, -0.2) is 9.97 Å². The van der Waals surface area contributed by atoms with E-state index in [-0.39, 0.29) is 0 Å². The van der Waals surface area contributed by atoms with Gasteiger partial charge in [-0.15, -0.1) is 11.3 Å². The molecule has 0 unspecified atom stereocenters. The van der Waals surface area contributed by atoms with Crippen molar-refractivity contribution >= 4 is 39.9 Å². The number of oxazole rings is 1. The fourth-order valence-corrected chi connectivity index (χ4v) is 2.77. The quantitative estimate of drug-likeness (QED) is 0.707. The highest BCUT2D eigenvalue weighted by Gasteiger charge is 2.08. The highest BCUT2D eigenvalue weighted by molar-refractivity contribution is 8.00. The molecule has 0 amide bonds. The molecule has 0 spiro atoms. The van der Waals surface area contributed by atoms with Crippen LogP contribution in [0.15, 0.2) is 43.8 Å². The van der Waals surface area contributed by atoms with Crippen LogP contribution in [0, 0.1) is 0 Å². The summed E-state index contributed by atoms with van der Waals surface area (Å²) in [5, 5.41) is 2.51. The number of hydrogen-bond donors (Lipinski definition) is 1. The molecule has 0 saturated carbocycles. The number of nitrogens with two attached hydrogens (primary N) is 1. The van der Waals surface area contributed by atoms with Crippen LogP contribution < -0.4 is 5.73 Å². The van der Waals surface area contributed by atoms with E-state index in [0.29, 0.717) is 16.5 Å². The van der Waals surface area contributed by atoms with Gasteiger partial charge >= 0.3 is 0 Å². The molecule has 6 heteroatoms. The SMILES string of the molecule is Nc1ccc2nc(Sc3nccs3)oc2c1. The van der Waals surface area contributed by atoms with E-state index in [9.17, 15) is 0 Å². The molecule has 80 valence electrons. The van der Waals surface area contributed by atoms with Gasteiger partial charge in [-0.05, 0) is 12.1 Å². The van der Waals surface area contributed by atoms with E-state index in [0.717, 1.165) is 9.86 Å². The molecule has 0 radical (unpaired) electrons. The maximum absolute atomic E-state index is 5.66. The number of anilines is 1. The Morgan fingerprint density at radius 1 is 1.38 bits per heavy atom. The molecule has 0 aliphatic carbocycles. The van der Waals surface area contributed by atoms with Crippen LogP contribution in [0.1, 0.15) is 0 Å². The van der Waals surface area contributed by atoms with E-state index in [4.69, 9.17) is 10.2 Å². The van der Waals surface area contributed by atoms with Crippen LogP contribution >= 0.6 is 23.1 Å². The molecule has 2 N–H and O–H groups in total. The zero-order valence-electron chi connectivity index (χ0n) is 8.08. The maximum atomic E-state index is 5.66. The van der Waals surface area contributed by atoms with Crippen LogP contribution in [0.2, 0.25) is 0 Å². The minimum absolute atomic E-state index is 0.593. The molecule has 2 heterocycles. The number of thiazole rings is 1. The lowest BCUT2D eigenvalue weighted by Gasteiger charge is -1.88. The molecule has 16 heavy (non-hydrogen) atoms. The molecule has 2 aromatic heterocycles. The number of nitrogen functional groups attached to an aromatic ring is 1. The molecular formula is C10H7N3OS2. The van der Waals surface area contributed by atoms with E-state index in [1.54, 1.807) is 23.6 Å². The molecule has 0 fully saturated rings. The number of nitrogens with zero attached hydrogens (tertiary/aromatic N) is 2. The van der Waals surface area contributed by atoms with E-state index >= 15 is 0 Å². The molecule has 4 nitrogen and oxygen atoms in total. The summed E-state index contributed by atoms with van der Waals surface area (Å²) < 4.78 is 6.48. The Bertz CT molecular complexity index is 618. The Hall–Kier alpha value is -1.53. The molecule has 0 aliphatic heterocycles. The molecule has 3 rings (SSSR count). The van der Waals surface area contributed by atoms with Crippen molar-refractivity contribution in [1.29, 1.82) is 0 Å². The second kappa shape index (κ2) is 3.80. The van der Waals surface area contributed by atoms with Crippen molar-refractivity contribution in [3.8, 4) is 0 Å². The van der Waals surface area contributed by atoms with Crippen LogP contribution in [0.25, 0.3) is 11.1 Å². The number of hydrogen-bond acceptors (Lipinski definition) is 6. The van der Waals surface area contributed by atoms with Crippen molar-refractivity contribution in [3.63, 3.8) is 0 Å². The van der Waals surface area contributed by atoms with Gasteiger partial charge in [0.1, 0.15) is 5.52 Å². The second-order valence-corrected chi connectivity index (χ2v) is 5.20. The van der Waals surface area contributed by atoms with Crippen LogP contribution in [0.5, 0.6) is 0 Å². The van der Waals surface area contributed by atoms with E-state index in [1.165, 1.54) is 11.8 Å². The fourth-order valence-electron chi connectivity index (χ4n) is 1.30. The predicted octanol–water partition coefficient (Wildman–Crippen LogP) is 3.02. The van der Waals surface area contributed by atoms with Gasteiger partial charge in [0.15, 0.2) is 9.92 Å². The van der Waals surface area contributed by atoms with Crippen molar-refractivity contribution in [2.75, 3.05) is 5.73 Å². The highest BCUT2D eigenvalue weighted by atomic mass is 32.2. The molecule has 0 bridgehead atoms. The number of benzene rings is 1. The minimum atomic E-state index is 0.593. The Balaban J connectivity index is 1.99. The molecule has 1 aromatic carbocycles. The molecular weight excluding hydrogens is 242 g/mol. The standard InChI is InChI=1S/C10H7N3OS2/c11-6-1-2-7-8(5-6)14-9(13-7)16-10-12-3-4-15-10/h1-5H,11H2.